The second-order valence-electron chi connectivity index (χ2n) is 4.68. The van der Waals surface area contributed by atoms with Gasteiger partial charge in [0.05, 0.1) is 16.4 Å². The van der Waals surface area contributed by atoms with Gasteiger partial charge in [-0.2, -0.15) is 0 Å². The summed E-state index contributed by atoms with van der Waals surface area (Å²) in [5.74, 6) is -0.244. The van der Waals surface area contributed by atoms with Crippen LogP contribution in [-0.2, 0) is 0 Å². The SMILES string of the molecule is CCCN(C(=O)c1ccc(O)c(Cl)c1)c1ccccc1N. The van der Waals surface area contributed by atoms with E-state index in [0.717, 1.165) is 6.42 Å². The van der Waals surface area contributed by atoms with Crippen LogP contribution in [0.4, 0.5) is 11.4 Å². The third kappa shape index (κ3) is 3.28. The third-order valence-corrected chi connectivity index (χ3v) is 3.42. The van der Waals surface area contributed by atoms with E-state index in [4.69, 9.17) is 17.3 Å². The number of carbonyl (C=O) groups is 1. The number of benzene rings is 2. The maximum atomic E-state index is 12.7. The van der Waals surface area contributed by atoms with Gasteiger partial charge in [-0.25, -0.2) is 0 Å². The quantitative estimate of drug-likeness (QED) is 0.847. The molecule has 0 fully saturated rings. The Bertz CT molecular complexity index is 658. The van der Waals surface area contributed by atoms with E-state index in [9.17, 15) is 9.90 Å². The van der Waals surface area contributed by atoms with Gasteiger partial charge in [0.1, 0.15) is 5.75 Å². The molecule has 0 aromatic heterocycles. The lowest BCUT2D eigenvalue weighted by Crippen LogP contribution is -2.32. The van der Waals surface area contributed by atoms with Crippen LogP contribution in [0.1, 0.15) is 23.7 Å². The van der Waals surface area contributed by atoms with E-state index in [1.165, 1.54) is 12.1 Å². The van der Waals surface area contributed by atoms with Crippen LogP contribution in [0.15, 0.2) is 42.5 Å². The number of hydrogen-bond acceptors (Lipinski definition) is 3. The standard InChI is InChI=1S/C16H17ClN2O2/c1-2-9-19(14-6-4-3-5-13(14)18)16(21)11-7-8-15(20)12(17)10-11/h3-8,10,20H,2,9,18H2,1H3. The average Bonchev–Trinajstić information content (AvgIpc) is 2.48. The van der Waals surface area contributed by atoms with Gasteiger partial charge in [0.2, 0.25) is 0 Å². The molecule has 5 heteroatoms. The van der Waals surface area contributed by atoms with E-state index in [-0.39, 0.29) is 16.7 Å². The highest BCUT2D eigenvalue weighted by Crippen LogP contribution is 2.28. The molecule has 2 aromatic carbocycles. The molecule has 0 heterocycles. The molecule has 0 spiro atoms. The van der Waals surface area contributed by atoms with Gasteiger partial charge in [0, 0.05) is 12.1 Å². The van der Waals surface area contributed by atoms with E-state index in [0.29, 0.717) is 23.5 Å². The zero-order valence-corrected chi connectivity index (χ0v) is 12.5. The third-order valence-electron chi connectivity index (χ3n) is 3.11. The summed E-state index contributed by atoms with van der Waals surface area (Å²) in [7, 11) is 0. The van der Waals surface area contributed by atoms with Crippen LogP contribution in [0.3, 0.4) is 0 Å². The van der Waals surface area contributed by atoms with Gasteiger partial charge in [-0.15, -0.1) is 0 Å². The number of nitrogens with two attached hydrogens (primary N) is 1. The van der Waals surface area contributed by atoms with E-state index in [1.54, 1.807) is 17.0 Å². The van der Waals surface area contributed by atoms with Crippen molar-refractivity contribution in [3.05, 3.63) is 53.1 Å². The van der Waals surface area contributed by atoms with Crippen LogP contribution in [0.5, 0.6) is 5.75 Å². The average molecular weight is 305 g/mol. The molecule has 0 aliphatic carbocycles. The lowest BCUT2D eigenvalue weighted by molar-refractivity contribution is 0.0987. The highest BCUT2D eigenvalue weighted by Gasteiger charge is 2.19. The first-order valence-corrected chi connectivity index (χ1v) is 7.07. The number of hydrogen-bond donors (Lipinski definition) is 2. The first-order valence-electron chi connectivity index (χ1n) is 6.69. The van der Waals surface area contributed by atoms with Gasteiger partial charge in [-0.05, 0) is 36.8 Å². The number of rotatable bonds is 4. The fourth-order valence-electron chi connectivity index (χ4n) is 2.08. The number of phenolic OH excluding ortho intramolecular Hbond substituents is 1. The summed E-state index contributed by atoms with van der Waals surface area (Å²) in [5.41, 5.74) is 7.59. The molecule has 0 aliphatic rings. The molecule has 0 aliphatic heterocycles. The van der Waals surface area contributed by atoms with Crippen LogP contribution in [0, 0.1) is 0 Å². The molecule has 0 bridgehead atoms. The van der Waals surface area contributed by atoms with Crippen molar-refractivity contribution in [1.82, 2.24) is 0 Å². The number of nitrogens with zero attached hydrogens (tertiary/aromatic N) is 1. The van der Waals surface area contributed by atoms with Gasteiger partial charge in [-0.3, -0.25) is 4.79 Å². The molecule has 3 N–H and O–H groups in total. The molecule has 0 atom stereocenters. The maximum absolute atomic E-state index is 12.7. The van der Waals surface area contributed by atoms with Crippen LogP contribution in [0.25, 0.3) is 0 Å². The second kappa shape index (κ2) is 6.50. The van der Waals surface area contributed by atoms with Crippen molar-refractivity contribution in [3.63, 3.8) is 0 Å². The van der Waals surface area contributed by atoms with Crippen LogP contribution in [0.2, 0.25) is 5.02 Å². The minimum absolute atomic E-state index is 0.0468. The van der Waals surface area contributed by atoms with E-state index >= 15 is 0 Å². The molecule has 2 aromatic rings. The first kappa shape index (κ1) is 15.2. The predicted molar refractivity (Wildman–Crippen MR) is 85.9 cm³/mol. The number of nitrogen functional groups attached to an aromatic ring is 1. The monoisotopic (exact) mass is 304 g/mol. The number of amides is 1. The normalized spacial score (nSPS) is 10.4. The molecule has 0 saturated heterocycles. The van der Waals surface area contributed by atoms with Crippen molar-refractivity contribution in [2.75, 3.05) is 17.2 Å². The Morgan fingerprint density at radius 2 is 2.00 bits per heavy atom. The molecule has 0 unspecified atom stereocenters. The Hall–Kier alpha value is -2.20. The van der Waals surface area contributed by atoms with Crippen LogP contribution >= 0.6 is 11.6 Å². The minimum atomic E-state index is -0.198. The largest absolute Gasteiger partial charge is 0.506 e. The summed E-state index contributed by atoms with van der Waals surface area (Å²) in [4.78, 5) is 14.3. The van der Waals surface area contributed by atoms with Gasteiger partial charge in [0.25, 0.3) is 5.91 Å². The summed E-state index contributed by atoms with van der Waals surface area (Å²) >= 11 is 5.87. The van der Waals surface area contributed by atoms with Crippen LogP contribution in [-0.4, -0.2) is 17.6 Å². The van der Waals surface area contributed by atoms with Crippen LogP contribution < -0.4 is 10.6 Å². The molecule has 110 valence electrons. The van der Waals surface area contributed by atoms with Gasteiger partial charge in [-0.1, -0.05) is 30.7 Å². The van der Waals surface area contributed by atoms with Crippen molar-refractivity contribution >= 4 is 28.9 Å². The fourth-order valence-corrected chi connectivity index (χ4v) is 2.26. The van der Waals surface area contributed by atoms with E-state index in [1.807, 2.05) is 25.1 Å². The molecule has 0 radical (unpaired) electrons. The smallest absolute Gasteiger partial charge is 0.258 e. The summed E-state index contributed by atoms with van der Waals surface area (Å²) in [6.45, 7) is 2.54. The molecular weight excluding hydrogens is 288 g/mol. The Morgan fingerprint density at radius 3 is 2.62 bits per heavy atom. The molecule has 0 saturated carbocycles. The highest BCUT2D eigenvalue weighted by atomic mass is 35.5. The second-order valence-corrected chi connectivity index (χ2v) is 5.09. The van der Waals surface area contributed by atoms with Gasteiger partial charge < -0.3 is 15.7 Å². The fraction of sp³-hybridized carbons (Fsp3) is 0.188. The minimum Gasteiger partial charge on any atom is -0.506 e. The highest BCUT2D eigenvalue weighted by molar-refractivity contribution is 6.32. The number of aromatic hydroxyl groups is 1. The summed E-state index contributed by atoms with van der Waals surface area (Å²) < 4.78 is 0. The van der Waals surface area contributed by atoms with Crippen molar-refractivity contribution in [2.45, 2.75) is 13.3 Å². The summed E-state index contributed by atoms with van der Waals surface area (Å²) in [6.07, 6.45) is 0.798. The number of halogens is 1. The summed E-state index contributed by atoms with van der Waals surface area (Å²) in [5, 5.41) is 9.60. The van der Waals surface area contributed by atoms with Crippen molar-refractivity contribution in [1.29, 1.82) is 0 Å². The lowest BCUT2D eigenvalue weighted by Gasteiger charge is -2.24. The van der Waals surface area contributed by atoms with Gasteiger partial charge >= 0.3 is 0 Å². The Balaban J connectivity index is 2.40. The lowest BCUT2D eigenvalue weighted by atomic mass is 10.1. The maximum Gasteiger partial charge on any atom is 0.258 e. The number of para-hydroxylation sites is 2. The number of carbonyl (C=O) groups excluding carboxylic acids is 1. The zero-order chi connectivity index (χ0) is 15.4. The predicted octanol–water partition coefficient (Wildman–Crippen LogP) is 3.68. The van der Waals surface area contributed by atoms with Crippen molar-refractivity contribution < 1.29 is 9.90 Å². The topological polar surface area (TPSA) is 66.6 Å². The molecule has 4 nitrogen and oxygen atoms in total. The molecule has 21 heavy (non-hydrogen) atoms. The van der Waals surface area contributed by atoms with Crippen molar-refractivity contribution in [2.24, 2.45) is 0 Å². The van der Waals surface area contributed by atoms with E-state index < -0.39 is 0 Å². The zero-order valence-electron chi connectivity index (χ0n) is 11.7. The first-order chi connectivity index (χ1) is 10.0. The van der Waals surface area contributed by atoms with E-state index in [2.05, 4.69) is 0 Å². The number of phenols is 1. The Labute approximate surface area is 128 Å². The Morgan fingerprint density at radius 1 is 1.29 bits per heavy atom. The number of anilines is 2. The van der Waals surface area contributed by atoms with Crippen molar-refractivity contribution in [3.8, 4) is 5.75 Å². The molecule has 2 rings (SSSR count). The summed E-state index contributed by atoms with van der Waals surface area (Å²) in [6, 6.07) is 11.6. The molecular formula is C16H17ClN2O2. The molecule has 1 amide bonds. The van der Waals surface area contributed by atoms with Gasteiger partial charge in [0.15, 0.2) is 0 Å². The Kier molecular flexibility index (Phi) is 4.70.